The second-order valence-electron chi connectivity index (χ2n) is 4.09. The van der Waals surface area contributed by atoms with Crippen molar-refractivity contribution in [3.63, 3.8) is 0 Å². The third-order valence-electron chi connectivity index (χ3n) is 1.95. The lowest BCUT2D eigenvalue weighted by molar-refractivity contribution is 0.446. The Kier molecular flexibility index (Phi) is 7.51. The van der Waals surface area contributed by atoms with Crippen LogP contribution in [0.25, 0.3) is 0 Å². The van der Waals surface area contributed by atoms with E-state index in [9.17, 15) is 0 Å². The van der Waals surface area contributed by atoms with Crippen LogP contribution in [0.2, 0.25) is 0 Å². The maximum absolute atomic E-state index is 5.43. The summed E-state index contributed by atoms with van der Waals surface area (Å²) in [5.41, 5.74) is 5.43. The molecule has 0 saturated heterocycles. The van der Waals surface area contributed by atoms with Gasteiger partial charge in [0.05, 0.1) is 0 Å². The van der Waals surface area contributed by atoms with Crippen LogP contribution in [0.1, 0.15) is 33.6 Å². The molecule has 12 heavy (non-hydrogen) atoms. The van der Waals surface area contributed by atoms with Gasteiger partial charge in [-0.15, -0.1) is 0 Å². The van der Waals surface area contributed by atoms with Crippen molar-refractivity contribution in [1.29, 1.82) is 0 Å². The minimum absolute atomic E-state index is 0.756. The van der Waals surface area contributed by atoms with Gasteiger partial charge in [0.1, 0.15) is 0 Å². The summed E-state index contributed by atoms with van der Waals surface area (Å²) < 4.78 is 0. The smallest absolute Gasteiger partial charge is 0.00230 e. The largest absolute Gasteiger partial charge is 0.330 e. The first-order valence-corrected chi connectivity index (χ1v) is 5.07. The maximum atomic E-state index is 5.43. The highest BCUT2D eigenvalue weighted by Gasteiger charge is 2.00. The van der Waals surface area contributed by atoms with Crippen molar-refractivity contribution in [1.82, 2.24) is 5.32 Å². The van der Waals surface area contributed by atoms with Crippen LogP contribution < -0.4 is 11.1 Å². The molecule has 0 heterocycles. The zero-order valence-corrected chi connectivity index (χ0v) is 8.77. The summed E-state index contributed by atoms with van der Waals surface area (Å²) in [6.45, 7) is 9.84. The Bertz CT molecular complexity index is 91.8. The zero-order chi connectivity index (χ0) is 9.40. The monoisotopic (exact) mass is 172 g/mol. The van der Waals surface area contributed by atoms with Crippen molar-refractivity contribution in [2.75, 3.05) is 19.6 Å². The molecule has 0 aliphatic heterocycles. The first kappa shape index (κ1) is 11.9. The molecule has 0 bridgehead atoms. The minimum atomic E-state index is 0.756. The van der Waals surface area contributed by atoms with Crippen LogP contribution in [0.5, 0.6) is 0 Å². The first-order valence-electron chi connectivity index (χ1n) is 5.07. The third-order valence-corrected chi connectivity index (χ3v) is 1.95. The zero-order valence-electron chi connectivity index (χ0n) is 8.77. The molecule has 0 aliphatic carbocycles. The van der Waals surface area contributed by atoms with Crippen LogP contribution in [0.4, 0.5) is 0 Å². The summed E-state index contributed by atoms with van der Waals surface area (Å²) in [5.74, 6) is 1.53. The van der Waals surface area contributed by atoms with Crippen LogP contribution in [0.3, 0.4) is 0 Å². The molecule has 0 aromatic carbocycles. The highest BCUT2D eigenvalue weighted by Crippen LogP contribution is 2.02. The number of hydrogen-bond donors (Lipinski definition) is 2. The van der Waals surface area contributed by atoms with Gasteiger partial charge < -0.3 is 11.1 Å². The van der Waals surface area contributed by atoms with Gasteiger partial charge >= 0.3 is 0 Å². The van der Waals surface area contributed by atoms with Crippen molar-refractivity contribution >= 4 is 0 Å². The summed E-state index contributed by atoms with van der Waals surface area (Å²) in [6.07, 6.45) is 2.41. The quantitative estimate of drug-likeness (QED) is 0.612. The Balaban J connectivity index is 3.13. The molecule has 0 aromatic rings. The van der Waals surface area contributed by atoms with Crippen LogP contribution in [-0.2, 0) is 0 Å². The van der Waals surface area contributed by atoms with Gasteiger partial charge in [0.2, 0.25) is 0 Å². The molecule has 3 N–H and O–H groups in total. The molecule has 0 aliphatic rings. The van der Waals surface area contributed by atoms with E-state index in [1.807, 2.05) is 0 Å². The molecule has 0 aromatic heterocycles. The first-order chi connectivity index (χ1) is 5.66. The lowest BCUT2D eigenvalue weighted by Crippen LogP contribution is -2.25. The lowest BCUT2D eigenvalue weighted by Gasteiger charge is -2.13. The van der Waals surface area contributed by atoms with Crippen molar-refractivity contribution in [3.8, 4) is 0 Å². The molecular weight excluding hydrogens is 148 g/mol. The van der Waals surface area contributed by atoms with E-state index in [2.05, 4.69) is 26.1 Å². The van der Waals surface area contributed by atoms with Gasteiger partial charge in [-0.1, -0.05) is 20.8 Å². The van der Waals surface area contributed by atoms with Gasteiger partial charge in [0, 0.05) is 0 Å². The van der Waals surface area contributed by atoms with E-state index in [-0.39, 0.29) is 0 Å². The van der Waals surface area contributed by atoms with Crippen LogP contribution in [-0.4, -0.2) is 19.6 Å². The van der Waals surface area contributed by atoms with E-state index in [0.29, 0.717) is 0 Å². The van der Waals surface area contributed by atoms with Crippen LogP contribution in [0, 0.1) is 11.8 Å². The van der Waals surface area contributed by atoms with Gasteiger partial charge in [-0.3, -0.25) is 0 Å². The highest BCUT2D eigenvalue weighted by atomic mass is 14.9. The highest BCUT2D eigenvalue weighted by molar-refractivity contribution is 4.58. The van der Waals surface area contributed by atoms with Gasteiger partial charge in [0.15, 0.2) is 0 Å². The summed E-state index contributed by atoms with van der Waals surface area (Å²) in [5, 5.41) is 3.45. The molecule has 74 valence electrons. The van der Waals surface area contributed by atoms with E-state index in [1.165, 1.54) is 6.42 Å². The van der Waals surface area contributed by atoms with Crippen molar-refractivity contribution in [2.45, 2.75) is 33.6 Å². The molecule has 0 rings (SSSR count). The average molecular weight is 172 g/mol. The van der Waals surface area contributed by atoms with E-state index in [1.54, 1.807) is 0 Å². The molecule has 0 saturated carbocycles. The molecule has 2 nitrogen and oxygen atoms in total. The SMILES string of the molecule is CC(C)CNCC(C)CCCN. The van der Waals surface area contributed by atoms with Gasteiger partial charge in [-0.25, -0.2) is 0 Å². The number of nitrogens with two attached hydrogens (primary N) is 1. The van der Waals surface area contributed by atoms with E-state index < -0.39 is 0 Å². The summed E-state index contributed by atoms with van der Waals surface area (Å²) in [6, 6.07) is 0. The normalized spacial score (nSPS) is 13.8. The Morgan fingerprint density at radius 1 is 1.17 bits per heavy atom. The number of rotatable bonds is 7. The van der Waals surface area contributed by atoms with E-state index in [0.717, 1.165) is 37.9 Å². The Morgan fingerprint density at radius 2 is 1.83 bits per heavy atom. The fourth-order valence-electron chi connectivity index (χ4n) is 1.19. The predicted octanol–water partition coefficient (Wildman–Crippen LogP) is 1.61. The van der Waals surface area contributed by atoms with Gasteiger partial charge in [-0.2, -0.15) is 0 Å². The molecule has 2 heteroatoms. The fourth-order valence-corrected chi connectivity index (χ4v) is 1.19. The Labute approximate surface area is 76.9 Å². The average Bonchev–Trinajstić information content (AvgIpc) is 2.00. The maximum Gasteiger partial charge on any atom is -0.00230 e. The van der Waals surface area contributed by atoms with Gasteiger partial charge in [0.25, 0.3) is 0 Å². The standard InChI is InChI=1S/C10H24N2/c1-9(2)7-12-8-10(3)5-4-6-11/h9-10,12H,4-8,11H2,1-3H3. The minimum Gasteiger partial charge on any atom is -0.330 e. The molecule has 1 unspecified atom stereocenters. The third kappa shape index (κ3) is 8.02. The molecule has 0 spiro atoms. The topological polar surface area (TPSA) is 38.0 Å². The molecule has 0 radical (unpaired) electrons. The second kappa shape index (κ2) is 7.56. The summed E-state index contributed by atoms with van der Waals surface area (Å²) >= 11 is 0. The van der Waals surface area contributed by atoms with Crippen LogP contribution >= 0.6 is 0 Å². The van der Waals surface area contributed by atoms with Crippen molar-refractivity contribution < 1.29 is 0 Å². The van der Waals surface area contributed by atoms with E-state index >= 15 is 0 Å². The Morgan fingerprint density at radius 3 is 2.33 bits per heavy atom. The van der Waals surface area contributed by atoms with Crippen molar-refractivity contribution in [2.24, 2.45) is 17.6 Å². The molecular formula is C10H24N2. The summed E-state index contributed by atoms with van der Waals surface area (Å²) in [4.78, 5) is 0. The second-order valence-corrected chi connectivity index (χ2v) is 4.09. The molecule has 0 amide bonds. The van der Waals surface area contributed by atoms with Crippen LogP contribution in [0.15, 0.2) is 0 Å². The Hall–Kier alpha value is -0.0800. The predicted molar refractivity (Wildman–Crippen MR) is 55.2 cm³/mol. The van der Waals surface area contributed by atoms with Crippen molar-refractivity contribution in [3.05, 3.63) is 0 Å². The summed E-state index contributed by atoms with van der Waals surface area (Å²) in [7, 11) is 0. The number of nitrogens with one attached hydrogen (secondary N) is 1. The van der Waals surface area contributed by atoms with E-state index in [4.69, 9.17) is 5.73 Å². The lowest BCUT2D eigenvalue weighted by atomic mass is 10.1. The molecule has 0 fully saturated rings. The van der Waals surface area contributed by atoms with Gasteiger partial charge in [-0.05, 0) is 44.3 Å². The molecule has 1 atom stereocenters. The fraction of sp³-hybridized carbons (Fsp3) is 1.00. The number of hydrogen-bond acceptors (Lipinski definition) is 2.